The number of nitrogens with zero attached hydrogens (tertiary/aromatic N) is 1. The largest absolute Gasteiger partial charge is 0.251 e. The summed E-state index contributed by atoms with van der Waals surface area (Å²) in [7, 11) is -7.48. The first kappa shape index (κ1) is 9.40. The Morgan fingerprint density at radius 3 is 2.42 bits per heavy atom. The topological polar surface area (TPSA) is 80.6 Å². The molecule has 0 aliphatic carbocycles. The van der Waals surface area contributed by atoms with Crippen LogP contribution in [0.15, 0.2) is 16.6 Å². The zero-order chi connectivity index (χ0) is 9.41. The van der Waals surface area contributed by atoms with E-state index in [0.717, 1.165) is 11.6 Å². The van der Waals surface area contributed by atoms with Crippen LogP contribution in [0.2, 0.25) is 0 Å². The van der Waals surface area contributed by atoms with Crippen LogP contribution in [0.4, 0.5) is 0 Å². The van der Waals surface area contributed by atoms with Crippen molar-refractivity contribution in [2.45, 2.75) is 6.92 Å². The second-order valence-corrected chi connectivity index (χ2v) is 6.33. The molecule has 7 heteroatoms. The van der Waals surface area contributed by atoms with Gasteiger partial charge in [0.05, 0.1) is 11.2 Å². The number of rotatable bonds is 1. The van der Waals surface area contributed by atoms with E-state index in [1.807, 2.05) is 0 Å². The van der Waals surface area contributed by atoms with Crippen LogP contribution in [0, 0.1) is 0 Å². The van der Waals surface area contributed by atoms with Gasteiger partial charge in [-0.3, -0.25) is 0 Å². The fourth-order valence-corrected chi connectivity index (χ4v) is 3.63. The minimum absolute atomic E-state index is 0.257. The molecule has 0 bridgehead atoms. The van der Waals surface area contributed by atoms with Gasteiger partial charge in [0.15, 0.2) is 0 Å². The smallest absolute Gasteiger partial charge is 0.233 e. The molecule has 0 spiro atoms. The molecule has 0 radical (unpaired) electrons. The van der Waals surface area contributed by atoms with E-state index in [4.69, 9.17) is 0 Å². The zero-order valence-corrected chi connectivity index (χ0v) is 7.89. The van der Waals surface area contributed by atoms with Crippen LogP contribution in [0.3, 0.4) is 0 Å². The molecule has 68 valence electrons. The fraction of sp³-hybridized carbons (Fsp3) is 0.400. The predicted octanol–water partition coefficient (Wildman–Crippen LogP) is -0.323. The number of sulfone groups is 2. The first-order valence-corrected chi connectivity index (χ1v) is 6.32. The van der Waals surface area contributed by atoms with Crippen molar-refractivity contribution >= 4 is 24.1 Å². The molecule has 0 aromatic heterocycles. The lowest BCUT2D eigenvalue weighted by Crippen LogP contribution is -2.22. The highest BCUT2D eigenvalue weighted by Crippen LogP contribution is 2.12. The second kappa shape index (κ2) is 2.67. The van der Waals surface area contributed by atoms with Gasteiger partial charge in [-0.25, -0.2) is 21.8 Å². The molecular weight excluding hydrogens is 202 g/mol. The summed E-state index contributed by atoms with van der Waals surface area (Å²) in [6.45, 7) is 1.37. The standard InChI is InChI=1S/C5H7NO4S2/c1-2-11(7,8)5-6-3-4-12(5,9)10/h3-4H,2H2,1H3. The fourth-order valence-electron chi connectivity index (χ4n) is 0.684. The molecule has 0 amide bonds. The van der Waals surface area contributed by atoms with Gasteiger partial charge in [-0.2, -0.15) is 0 Å². The molecule has 12 heavy (non-hydrogen) atoms. The van der Waals surface area contributed by atoms with Crippen molar-refractivity contribution in [1.29, 1.82) is 0 Å². The maximum Gasteiger partial charge on any atom is 0.251 e. The van der Waals surface area contributed by atoms with Crippen molar-refractivity contribution in [1.82, 2.24) is 0 Å². The summed E-state index contributed by atoms with van der Waals surface area (Å²) in [5.41, 5.74) is 0. The summed E-state index contributed by atoms with van der Waals surface area (Å²) < 4.78 is 43.3. The van der Waals surface area contributed by atoms with Gasteiger partial charge in [0.25, 0.3) is 4.38 Å². The van der Waals surface area contributed by atoms with Crippen LogP contribution in [0.25, 0.3) is 0 Å². The quantitative estimate of drug-likeness (QED) is 0.592. The second-order valence-electron chi connectivity index (χ2n) is 2.13. The minimum Gasteiger partial charge on any atom is -0.233 e. The van der Waals surface area contributed by atoms with Crippen molar-refractivity contribution in [3.05, 3.63) is 11.6 Å². The van der Waals surface area contributed by atoms with Crippen molar-refractivity contribution in [2.24, 2.45) is 4.99 Å². The van der Waals surface area contributed by atoms with E-state index in [9.17, 15) is 16.8 Å². The monoisotopic (exact) mass is 209 g/mol. The van der Waals surface area contributed by atoms with Gasteiger partial charge in [-0.05, 0) is 0 Å². The lowest BCUT2D eigenvalue weighted by molar-refractivity contribution is 0.606. The van der Waals surface area contributed by atoms with Crippen molar-refractivity contribution in [3.8, 4) is 0 Å². The molecule has 0 aromatic rings. The van der Waals surface area contributed by atoms with Gasteiger partial charge < -0.3 is 0 Å². The van der Waals surface area contributed by atoms with E-state index in [0.29, 0.717) is 0 Å². The summed E-state index contributed by atoms with van der Waals surface area (Å²) in [6.07, 6.45) is 0.970. The third-order valence-corrected chi connectivity index (χ3v) is 5.24. The van der Waals surface area contributed by atoms with E-state index < -0.39 is 24.1 Å². The van der Waals surface area contributed by atoms with Gasteiger partial charge in [-0.1, -0.05) is 6.92 Å². The van der Waals surface area contributed by atoms with Crippen LogP contribution in [0.5, 0.6) is 0 Å². The molecular formula is C5H7NO4S2. The van der Waals surface area contributed by atoms with Crippen molar-refractivity contribution in [2.75, 3.05) is 5.75 Å². The summed E-state index contributed by atoms with van der Waals surface area (Å²) in [4.78, 5) is 3.29. The highest BCUT2D eigenvalue weighted by Gasteiger charge is 2.31. The molecule has 5 nitrogen and oxygen atoms in total. The normalized spacial score (nSPS) is 20.9. The number of hydrogen-bond donors (Lipinski definition) is 0. The molecule has 0 saturated carbocycles. The third kappa shape index (κ3) is 1.42. The Balaban J connectivity index is 3.30. The van der Waals surface area contributed by atoms with Crippen LogP contribution in [0.1, 0.15) is 6.92 Å². The molecule has 1 aliphatic heterocycles. The number of hydrogen-bond acceptors (Lipinski definition) is 5. The molecule has 0 saturated heterocycles. The van der Waals surface area contributed by atoms with Crippen LogP contribution in [-0.4, -0.2) is 27.0 Å². The minimum atomic E-state index is -3.78. The van der Waals surface area contributed by atoms with E-state index in [1.165, 1.54) is 6.92 Å². The zero-order valence-electron chi connectivity index (χ0n) is 6.26. The Morgan fingerprint density at radius 1 is 1.50 bits per heavy atom. The summed E-state index contributed by atoms with van der Waals surface area (Å²) >= 11 is 0. The molecule has 0 atom stereocenters. The van der Waals surface area contributed by atoms with Crippen molar-refractivity contribution < 1.29 is 16.8 Å². The summed E-state index contributed by atoms with van der Waals surface area (Å²) in [5, 5.41) is 0.773. The Bertz CT molecular complexity index is 440. The lowest BCUT2D eigenvalue weighted by atomic mass is 11.0. The molecule has 0 unspecified atom stereocenters. The van der Waals surface area contributed by atoms with Crippen LogP contribution >= 0.6 is 0 Å². The molecule has 0 aromatic carbocycles. The Labute approximate surface area is 70.6 Å². The maximum atomic E-state index is 11.1. The van der Waals surface area contributed by atoms with Gasteiger partial charge in [0.2, 0.25) is 19.7 Å². The number of aliphatic imine (C=N–C) groups is 1. The van der Waals surface area contributed by atoms with Gasteiger partial charge >= 0.3 is 0 Å². The molecule has 1 rings (SSSR count). The molecule has 1 heterocycles. The molecule has 1 aliphatic rings. The van der Waals surface area contributed by atoms with Crippen molar-refractivity contribution in [3.63, 3.8) is 0 Å². The van der Waals surface area contributed by atoms with Crippen LogP contribution < -0.4 is 0 Å². The third-order valence-electron chi connectivity index (χ3n) is 1.31. The first-order valence-electron chi connectivity index (χ1n) is 3.12. The highest BCUT2D eigenvalue weighted by molar-refractivity contribution is 8.32. The Hall–Kier alpha value is -0.690. The van der Waals surface area contributed by atoms with E-state index in [-0.39, 0.29) is 5.75 Å². The predicted molar refractivity (Wildman–Crippen MR) is 45.0 cm³/mol. The van der Waals surface area contributed by atoms with Gasteiger partial charge in [-0.15, -0.1) is 0 Å². The summed E-state index contributed by atoms with van der Waals surface area (Å²) in [6, 6.07) is 0. The SMILES string of the molecule is CCS(=O)(=O)C1=NC=CS1(=O)=O. The average molecular weight is 209 g/mol. The first-order chi connectivity index (χ1) is 5.40. The Morgan fingerprint density at radius 2 is 2.08 bits per heavy atom. The highest BCUT2D eigenvalue weighted by atomic mass is 32.3. The Kier molecular flexibility index (Phi) is 2.09. The van der Waals surface area contributed by atoms with E-state index in [2.05, 4.69) is 4.99 Å². The van der Waals surface area contributed by atoms with E-state index in [1.54, 1.807) is 0 Å². The maximum absolute atomic E-state index is 11.1. The van der Waals surface area contributed by atoms with Crippen LogP contribution in [-0.2, 0) is 19.7 Å². The average Bonchev–Trinajstić information content (AvgIpc) is 2.30. The molecule has 0 N–H and O–H groups in total. The van der Waals surface area contributed by atoms with E-state index >= 15 is 0 Å². The van der Waals surface area contributed by atoms with Gasteiger partial charge in [0.1, 0.15) is 0 Å². The summed E-state index contributed by atoms with van der Waals surface area (Å²) in [5.74, 6) is -0.257. The van der Waals surface area contributed by atoms with Gasteiger partial charge in [0, 0.05) is 6.20 Å². The lowest BCUT2D eigenvalue weighted by Gasteiger charge is -1.97. The molecule has 0 fully saturated rings.